The molecule has 202 valence electrons. The third-order valence-corrected chi connectivity index (χ3v) is 6.60. The Balaban J connectivity index is 1.40. The monoisotopic (exact) mass is 521 g/mol. The number of hydrazine groups is 1. The van der Waals surface area contributed by atoms with E-state index in [9.17, 15) is 14.4 Å². The van der Waals surface area contributed by atoms with Gasteiger partial charge in [0.1, 0.15) is 6.54 Å². The van der Waals surface area contributed by atoms with Gasteiger partial charge in [-0.15, -0.1) is 0 Å². The Morgan fingerprint density at radius 3 is 2.47 bits per heavy atom. The highest BCUT2D eigenvalue weighted by Gasteiger charge is 2.27. The smallest absolute Gasteiger partial charge is 0.376 e. The first-order valence-corrected chi connectivity index (χ1v) is 12.7. The van der Waals surface area contributed by atoms with Crippen molar-refractivity contribution >= 4 is 17.5 Å². The third kappa shape index (κ3) is 6.67. The number of nitrogens with zero attached hydrogens (tertiary/aromatic N) is 4. The summed E-state index contributed by atoms with van der Waals surface area (Å²) in [6, 6.07) is 13.9. The fraction of sp³-hybridized carbons (Fsp3) is 0.407. The second-order valence-electron chi connectivity index (χ2n) is 9.76. The number of carbonyl (C=O) groups is 2. The number of aromatic amines is 1. The van der Waals surface area contributed by atoms with Gasteiger partial charge in [0.05, 0.1) is 6.54 Å². The van der Waals surface area contributed by atoms with Crippen molar-refractivity contribution in [2.24, 2.45) is 0 Å². The van der Waals surface area contributed by atoms with Gasteiger partial charge in [-0.25, -0.2) is 9.80 Å². The van der Waals surface area contributed by atoms with Gasteiger partial charge in [0.25, 0.3) is 5.91 Å². The molecule has 11 heteroatoms. The second-order valence-corrected chi connectivity index (χ2v) is 9.76. The average molecular weight is 522 g/mol. The molecule has 0 bridgehead atoms. The number of benzene rings is 2. The fourth-order valence-corrected chi connectivity index (χ4v) is 4.33. The zero-order valence-corrected chi connectivity index (χ0v) is 22.3. The highest BCUT2D eigenvalue weighted by Crippen LogP contribution is 2.24. The van der Waals surface area contributed by atoms with Crippen LogP contribution < -0.4 is 16.4 Å². The van der Waals surface area contributed by atoms with Crippen LogP contribution in [0.5, 0.6) is 0 Å². The molecule has 11 nitrogen and oxygen atoms in total. The molecule has 0 saturated carbocycles. The lowest BCUT2D eigenvalue weighted by Crippen LogP contribution is -2.49. The summed E-state index contributed by atoms with van der Waals surface area (Å²) in [5, 5.41) is 13.8. The van der Waals surface area contributed by atoms with Crippen molar-refractivity contribution < 1.29 is 14.1 Å². The Morgan fingerprint density at radius 2 is 1.84 bits per heavy atom. The molecule has 38 heavy (non-hydrogen) atoms. The van der Waals surface area contributed by atoms with E-state index in [0.717, 1.165) is 11.3 Å². The second kappa shape index (κ2) is 12.1. The maximum Gasteiger partial charge on any atom is 0.439 e. The lowest BCUT2D eigenvalue weighted by Gasteiger charge is -2.31. The molecule has 0 aliphatic carbocycles. The van der Waals surface area contributed by atoms with Gasteiger partial charge >= 0.3 is 5.76 Å². The summed E-state index contributed by atoms with van der Waals surface area (Å²) in [6.07, 6.45) is 0. The summed E-state index contributed by atoms with van der Waals surface area (Å²) in [5.41, 5.74) is 4.70. The van der Waals surface area contributed by atoms with Gasteiger partial charge in [0.2, 0.25) is 5.91 Å². The summed E-state index contributed by atoms with van der Waals surface area (Å²) < 4.78 is 4.60. The van der Waals surface area contributed by atoms with Gasteiger partial charge in [-0.3, -0.25) is 24.1 Å². The first-order chi connectivity index (χ1) is 18.2. The van der Waals surface area contributed by atoms with Crippen LogP contribution >= 0.6 is 0 Å². The molecule has 2 heterocycles. The molecule has 0 unspecified atom stereocenters. The minimum atomic E-state index is -0.636. The van der Waals surface area contributed by atoms with Gasteiger partial charge in [0.15, 0.2) is 5.82 Å². The van der Waals surface area contributed by atoms with Crippen molar-refractivity contribution in [3.63, 3.8) is 0 Å². The predicted octanol–water partition coefficient (Wildman–Crippen LogP) is 1.97. The first kappa shape index (κ1) is 27.1. The molecule has 2 amide bonds. The number of aromatic nitrogens is 2. The Hall–Kier alpha value is -3.96. The van der Waals surface area contributed by atoms with E-state index >= 15 is 0 Å². The quantitative estimate of drug-likeness (QED) is 0.350. The van der Waals surface area contributed by atoms with Gasteiger partial charge in [-0.05, 0) is 29.7 Å². The first-order valence-electron chi connectivity index (χ1n) is 12.7. The van der Waals surface area contributed by atoms with Gasteiger partial charge in [0, 0.05) is 50.5 Å². The van der Waals surface area contributed by atoms with Crippen LogP contribution in [-0.2, 0) is 22.7 Å². The van der Waals surface area contributed by atoms with Crippen molar-refractivity contribution in [2.75, 3.05) is 38.5 Å². The Kier molecular flexibility index (Phi) is 8.59. The van der Waals surface area contributed by atoms with Crippen molar-refractivity contribution in [1.29, 1.82) is 0 Å². The van der Waals surface area contributed by atoms with Crippen LogP contribution in [0.2, 0.25) is 0 Å². The summed E-state index contributed by atoms with van der Waals surface area (Å²) in [5.74, 6) is -0.669. The minimum absolute atomic E-state index is 0.00740. The molecule has 1 aromatic heterocycles. The van der Waals surface area contributed by atoms with E-state index in [-0.39, 0.29) is 30.9 Å². The van der Waals surface area contributed by atoms with Crippen molar-refractivity contribution in [1.82, 2.24) is 30.4 Å². The van der Waals surface area contributed by atoms with Crippen molar-refractivity contribution in [2.45, 2.75) is 39.9 Å². The van der Waals surface area contributed by atoms with E-state index in [1.54, 1.807) is 23.0 Å². The van der Waals surface area contributed by atoms with Gasteiger partial charge in [-0.1, -0.05) is 55.4 Å². The van der Waals surface area contributed by atoms with E-state index < -0.39 is 5.76 Å². The minimum Gasteiger partial charge on any atom is -0.376 e. The number of aryl methyl sites for hydroxylation is 1. The molecule has 4 rings (SSSR count). The van der Waals surface area contributed by atoms with Crippen LogP contribution in [0.4, 0.5) is 5.69 Å². The number of carbonyl (C=O) groups excluding carboxylic acids is 2. The molecule has 0 atom stereocenters. The highest BCUT2D eigenvalue weighted by atomic mass is 16.5. The molecule has 1 aliphatic heterocycles. The molecule has 0 spiro atoms. The van der Waals surface area contributed by atoms with Crippen LogP contribution in [0.15, 0.2) is 51.8 Å². The predicted molar refractivity (Wildman–Crippen MR) is 144 cm³/mol. The lowest BCUT2D eigenvalue weighted by molar-refractivity contribution is -0.151. The molecule has 0 saturated heterocycles. The molecular formula is C27H35N7O4. The molecule has 0 radical (unpaired) electrons. The number of amides is 2. The van der Waals surface area contributed by atoms with E-state index in [1.807, 2.05) is 50.0 Å². The number of hydrogen-bond acceptors (Lipinski definition) is 8. The number of likely N-dealkylation sites (N-methyl/N-ethyl adjacent to an activating group) is 1. The molecule has 3 N–H and O–H groups in total. The van der Waals surface area contributed by atoms with E-state index in [4.69, 9.17) is 0 Å². The van der Waals surface area contributed by atoms with E-state index in [2.05, 4.69) is 37.4 Å². The standard InChI is InChI=1S/C27H35N7O4/c1-18(2)28-11-12-33(17-25(36)32(4)34-15-21-7-5-6-8-22(21)16-34)24(35)14-29-23-13-20(10-9-19(23)3)26-30-27(37)38-31-26/h5-10,13,18,28-29H,11-12,14-17H2,1-4H3,(H,30,31,37). The normalized spacial score (nSPS) is 13.0. The average Bonchev–Trinajstić information content (AvgIpc) is 3.53. The number of hydrogen-bond donors (Lipinski definition) is 3. The van der Waals surface area contributed by atoms with Gasteiger partial charge in [-0.2, -0.15) is 0 Å². The number of rotatable bonds is 11. The zero-order chi connectivity index (χ0) is 27.2. The maximum absolute atomic E-state index is 13.3. The fourth-order valence-electron chi connectivity index (χ4n) is 4.33. The number of nitrogens with one attached hydrogen (secondary N) is 3. The highest BCUT2D eigenvalue weighted by molar-refractivity contribution is 5.87. The SMILES string of the molecule is Cc1ccc(-c2noc(=O)[nH]2)cc1NCC(=O)N(CCNC(C)C)CC(=O)N(C)N1Cc2ccccc2C1. The van der Waals surface area contributed by atoms with Crippen LogP contribution in [-0.4, -0.2) is 76.1 Å². The molecule has 2 aromatic carbocycles. The summed E-state index contributed by atoms with van der Waals surface area (Å²) >= 11 is 0. The molecule has 3 aromatic rings. The Labute approximate surface area is 221 Å². The summed E-state index contributed by atoms with van der Waals surface area (Å²) in [4.78, 5) is 42.0. The molecule has 0 fully saturated rings. The lowest BCUT2D eigenvalue weighted by atomic mass is 10.1. The molecule has 1 aliphatic rings. The van der Waals surface area contributed by atoms with Crippen molar-refractivity contribution in [3.8, 4) is 11.4 Å². The Morgan fingerprint density at radius 1 is 1.13 bits per heavy atom. The van der Waals surface area contributed by atoms with Crippen molar-refractivity contribution in [3.05, 3.63) is 69.7 Å². The number of anilines is 1. The maximum atomic E-state index is 13.3. The molecular weight excluding hydrogens is 486 g/mol. The third-order valence-electron chi connectivity index (χ3n) is 6.60. The van der Waals surface area contributed by atoms with E-state index in [0.29, 0.717) is 37.6 Å². The summed E-state index contributed by atoms with van der Waals surface area (Å²) in [6.45, 7) is 8.27. The topological polar surface area (TPSA) is 127 Å². The number of fused-ring (bicyclic) bond motifs is 1. The van der Waals surface area contributed by atoms with Crippen LogP contribution in [0.1, 0.15) is 30.5 Å². The number of H-pyrrole nitrogens is 1. The Bertz CT molecular complexity index is 1310. The summed E-state index contributed by atoms with van der Waals surface area (Å²) in [7, 11) is 1.75. The van der Waals surface area contributed by atoms with Crippen LogP contribution in [0.25, 0.3) is 11.4 Å². The zero-order valence-electron chi connectivity index (χ0n) is 22.3. The van der Waals surface area contributed by atoms with Crippen LogP contribution in [0, 0.1) is 6.92 Å². The van der Waals surface area contributed by atoms with Gasteiger partial charge < -0.3 is 15.5 Å². The van der Waals surface area contributed by atoms with E-state index in [1.165, 1.54) is 11.1 Å². The largest absolute Gasteiger partial charge is 0.439 e. The van der Waals surface area contributed by atoms with Crippen LogP contribution in [0.3, 0.4) is 0 Å².